The van der Waals surface area contributed by atoms with Gasteiger partial charge in [0.05, 0.1) is 0 Å². The Hall–Kier alpha value is -1.30. The molecule has 2 aromatic rings. The molecule has 0 aromatic heterocycles. The van der Waals surface area contributed by atoms with Crippen molar-refractivity contribution in [3.05, 3.63) is 45.5 Å². The van der Waals surface area contributed by atoms with Gasteiger partial charge in [-0.25, -0.2) is 0 Å². The second-order valence-corrected chi connectivity index (χ2v) is 9.01. The highest BCUT2D eigenvalue weighted by atomic mass is 14.2. The molecule has 2 aromatic carbocycles. The molecule has 0 aliphatic heterocycles. The Morgan fingerprint density at radius 3 is 1.48 bits per heavy atom. The minimum absolute atomic E-state index is 1.22. The number of unbranched alkanes of at least 4 members (excludes halogenated alkanes) is 3. The van der Waals surface area contributed by atoms with Gasteiger partial charge in [0.2, 0.25) is 0 Å². The first-order valence-electron chi connectivity index (χ1n) is 12.7. The van der Waals surface area contributed by atoms with Crippen molar-refractivity contribution in [1.82, 2.24) is 0 Å². The molecule has 0 N–H and O–H groups in total. The van der Waals surface area contributed by atoms with Gasteiger partial charge >= 0.3 is 0 Å². The van der Waals surface area contributed by atoms with Crippen LogP contribution in [0.5, 0.6) is 0 Å². The van der Waals surface area contributed by atoms with Crippen LogP contribution in [0.1, 0.15) is 119 Å². The summed E-state index contributed by atoms with van der Waals surface area (Å²) < 4.78 is 0. The van der Waals surface area contributed by atoms with E-state index >= 15 is 0 Å². The summed E-state index contributed by atoms with van der Waals surface area (Å²) in [7, 11) is 0. The molecule has 0 radical (unpaired) electrons. The molecule has 29 heavy (non-hydrogen) atoms. The molecule has 0 atom stereocenters. The molecule has 0 heterocycles. The van der Waals surface area contributed by atoms with Gasteiger partial charge in [0.25, 0.3) is 0 Å². The quantitative estimate of drug-likeness (QED) is 0.318. The monoisotopic (exact) mass is 394 g/mol. The average Bonchev–Trinajstić information content (AvgIpc) is 2.72. The smallest absolute Gasteiger partial charge is 0.0111 e. The topological polar surface area (TPSA) is 0 Å². The third-order valence-electron chi connectivity index (χ3n) is 6.61. The number of rotatable bonds is 13. The summed E-state index contributed by atoms with van der Waals surface area (Å²) in [6.45, 7) is 14.1. The number of fused-ring (bicyclic) bond motifs is 1. The van der Waals surface area contributed by atoms with Crippen LogP contribution < -0.4 is 0 Å². The van der Waals surface area contributed by atoms with E-state index in [0.717, 1.165) is 0 Å². The molecule has 0 unspecified atom stereocenters. The Morgan fingerprint density at radius 2 is 0.966 bits per heavy atom. The van der Waals surface area contributed by atoms with Gasteiger partial charge in [-0.05, 0) is 102 Å². The van der Waals surface area contributed by atoms with E-state index in [1.807, 2.05) is 0 Å². The van der Waals surface area contributed by atoms with Crippen molar-refractivity contribution in [2.24, 2.45) is 0 Å². The van der Waals surface area contributed by atoms with E-state index in [1.54, 1.807) is 38.6 Å². The largest absolute Gasteiger partial charge is 0.0654 e. The summed E-state index contributed by atoms with van der Waals surface area (Å²) >= 11 is 0. The first-order chi connectivity index (χ1) is 14.1. The van der Waals surface area contributed by atoms with E-state index in [-0.39, 0.29) is 0 Å². The van der Waals surface area contributed by atoms with Crippen LogP contribution in [0.25, 0.3) is 10.8 Å². The van der Waals surface area contributed by atoms with E-state index in [4.69, 9.17) is 0 Å². The Labute approximate surface area is 181 Å². The van der Waals surface area contributed by atoms with Crippen LogP contribution in [0.15, 0.2) is 12.1 Å². The molecule has 0 spiro atoms. The highest BCUT2D eigenvalue weighted by Crippen LogP contribution is 2.38. The Kier molecular flexibility index (Phi) is 10.3. The first-order valence-corrected chi connectivity index (χ1v) is 12.7. The molecular formula is C29H46. The van der Waals surface area contributed by atoms with Crippen molar-refractivity contribution in [3.63, 3.8) is 0 Å². The van der Waals surface area contributed by atoms with Crippen molar-refractivity contribution in [1.29, 1.82) is 0 Å². The SMILES string of the molecule is CCCCc1c(CCCC)c(CCC)c2c(CCC)c(C)ccc2c1CCCC. The Balaban J connectivity index is 2.91. The van der Waals surface area contributed by atoms with Crippen molar-refractivity contribution in [3.8, 4) is 0 Å². The van der Waals surface area contributed by atoms with Crippen molar-refractivity contribution in [2.45, 2.75) is 125 Å². The molecule has 0 heteroatoms. The fraction of sp³-hybridized carbons (Fsp3) is 0.655. The zero-order chi connectivity index (χ0) is 21.2. The van der Waals surface area contributed by atoms with Crippen LogP contribution in [0.3, 0.4) is 0 Å². The van der Waals surface area contributed by atoms with Crippen molar-refractivity contribution < 1.29 is 0 Å². The lowest BCUT2D eigenvalue weighted by Crippen LogP contribution is -2.10. The molecule has 0 saturated carbocycles. The van der Waals surface area contributed by atoms with Crippen LogP contribution >= 0.6 is 0 Å². The summed E-state index contributed by atoms with van der Waals surface area (Å²) in [5.41, 5.74) is 10.1. The summed E-state index contributed by atoms with van der Waals surface area (Å²) in [4.78, 5) is 0. The van der Waals surface area contributed by atoms with Gasteiger partial charge in [-0.1, -0.05) is 78.9 Å². The van der Waals surface area contributed by atoms with Gasteiger partial charge in [0.15, 0.2) is 0 Å². The van der Waals surface area contributed by atoms with E-state index in [2.05, 4.69) is 53.7 Å². The van der Waals surface area contributed by atoms with Gasteiger partial charge in [-0.3, -0.25) is 0 Å². The zero-order valence-corrected chi connectivity index (χ0v) is 20.3. The summed E-state index contributed by atoms with van der Waals surface area (Å²) in [5.74, 6) is 0. The first kappa shape index (κ1) is 24.0. The molecule has 2 rings (SSSR count). The Bertz CT molecular complexity index is 766. The van der Waals surface area contributed by atoms with Crippen molar-refractivity contribution >= 4 is 10.8 Å². The Morgan fingerprint density at radius 1 is 0.483 bits per heavy atom. The fourth-order valence-electron chi connectivity index (χ4n) is 5.07. The number of aryl methyl sites for hydroxylation is 4. The molecule has 0 aliphatic carbocycles. The summed E-state index contributed by atoms with van der Waals surface area (Å²) in [6.07, 6.45) is 16.6. The second kappa shape index (κ2) is 12.4. The number of benzene rings is 2. The van der Waals surface area contributed by atoms with Gasteiger partial charge < -0.3 is 0 Å². The van der Waals surface area contributed by atoms with E-state index < -0.39 is 0 Å². The molecular weight excluding hydrogens is 348 g/mol. The highest BCUT2D eigenvalue weighted by Gasteiger charge is 2.20. The summed E-state index contributed by atoms with van der Waals surface area (Å²) in [5, 5.41) is 3.26. The maximum atomic E-state index is 2.48. The predicted octanol–water partition coefficient (Wildman–Crippen LogP) is 9.08. The lowest BCUT2D eigenvalue weighted by atomic mass is 9.79. The lowest BCUT2D eigenvalue weighted by molar-refractivity contribution is 0.730. The summed E-state index contributed by atoms with van der Waals surface area (Å²) in [6, 6.07) is 4.89. The van der Waals surface area contributed by atoms with Crippen LogP contribution in [0.4, 0.5) is 0 Å². The zero-order valence-electron chi connectivity index (χ0n) is 20.3. The van der Waals surface area contributed by atoms with E-state index in [0.29, 0.717) is 0 Å². The number of hydrogen-bond donors (Lipinski definition) is 0. The van der Waals surface area contributed by atoms with Crippen LogP contribution in [-0.4, -0.2) is 0 Å². The molecule has 0 aliphatic rings. The van der Waals surface area contributed by atoms with Gasteiger partial charge in [0.1, 0.15) is 0 Å². The van der Waals surface area contributed by atoms with Gasteiger partial charge in [-0.2, -0.15) is 0 Å². The maximum Gasteiger partial charge on any atom is -0.0111 e. The normalized spacial score (nSPS) is 11.5. The van der Waals surface area contributed by atoms with Crippen LogP contribution in [0.2, 0.25) is 0 Å². The molecule has 0 saturated heterocycles. The second-order valence-electron chi connectivity index (χ2n) is 9.01. The number of hydrogen-bond acceptors (Lipinski definition) is 0. The predicted molar refractivity (Wildman–Crippen MR) is 133 cm³/mol. The van der Waals surface area contributed by atoms with E-state index in [1.165, 1.54) is 89.0 Å². The molecule has 0 bridgehead atoms. The highest BCUT2D eigenvalue weighted by molar-refractivity contribution is 5.94. The maximum absolute atomic E-state index is 2.48. The molecule has 0 amide bonds. The van der Waals surface area contributed by atoms with Crippen LogP contribution in [-0.2, 0) is 32.1 Å². The van der Waals surface area contributed by atoms with Gasteiger partial charge in [-0.15, -0.1) is 0 Å². The van der Waals surface area contributed by atoms with Crippen LogP contribution in [0, 0.1) is 6.92 Å². The third-order valence-corrected chi connectivity index (χ3v) is 6.61. The van der Waals surface area contributed by atoms with Crippen molar-refractivity contribution in [2.75, 3.05) is 0 Å². The average molecular weight is 395 g/mol. The van der Waals surface area contributed by atoms with E-state index in [9.17, 15) is 0 Å². The fourth-order valence-corrected chi connectivity index (χ4v) is 5.07. The van der Waals surface area contributed by atoms with Gasteiger partial charge in [0, 0.05) is 0 Å². The molecule has 0 nitrogen and oxygen atoms in total. The molecule has 162 valence electrons. The minimum Gasteiger partial charge on any atom is -0.0654 e. The standard InChI is InChI=1S/C29H46/c1-7-12-17-24-25(18-13-8-2)27(16-11-5)29-23(15-10-4)22(6)20-21-28(29)26(24)19-14-9-3/h20-21H,7-19H2,1-6H3. The minimum atomic E-state index is 1.22. The molecule has 0 fully saturated rings. The third kappa shape index (κ3) is 5.65. The lowest BCUT2D eigenvalue weighted by Gasteiger charge is -2.25.